The molecule has 0 bridgehead atoms. The van der Waals surface area contributed by atoms with Gasteiger partial charge in [0, 0.05) is 6.20 Å². The number of anilines is 1. The molecule has 0 spiro atoms. The lowest BCUT2D eigenvalue weighted by molar-refractivity contribution is -0.116. The third kappa shape index (κ3) is 3.66. The first kappa shape index (κ1) is 15.6. The molecule has 6 heteroatoms. The topological polar surface area (TPSA) is 69.6 Å². The third-order valence-corrected chi connectivity index (χ3v) is 2.98. The molecular weight excluding hydrogens is 284 g/mol. The first-order chi connectivity index (χ1) is 10.7. The third-order valence-electron chi connectivity index (χ3n) is 2.98. The van der Waals surface area contributed by atoms with Crippen LogP contribution in [0.3, 0.4) is 0 Å². The maximum absolute atomic E-state index is 12.1. The average molecular weight is 302 g/mol. The molecule has 0 saturated carbocycles. The molecule has 0 atom stereocenters. The number of benzene rings is 1. The van der Waals surface area contributed by atoms with Gasteiger partial charge in [0.1, 0.15) is 12.3 Å². The van der Waals surface area contributed by atoms with Gasteiger partial charge in [-0.2, -0.15) is 0 Å². The van der Waals surface area contributed by atoms with Gasteiger partial charge in [-0.15, -0.1) is 0 Å². The second kappa shape index (κ2) is 7.31. The Hall–Kier alpha value is -2.76. The molecule has 0 aliphatic rings. The largest absolute Gasteiger partial charge is 0.492 e. The minimum Gasteiger partial charge on any atom is -0.492 e. The number of hydrogen-bond donors (Lipinski definition) is 1. The second-order valence-electron chi connectivity index (χ2n) is 4.49. The van der Waals surface area contributed by atoms with Crippen molar-refractivity contribution in [2.24, 2.45) is 0 Å². The van der Waals surface area contributed by atoms with Crippen LogP contribution in [0, 0.1) is 0 Å². The lowest BCUT2D eigenvalue weighted by Crippen LogP contribution is -2.27. The van der Waals surface area contributed by atoms with Crippen molar-refractivity contribution in [3.8, 4) is 11.5 Å². The van der Waals surface area contributed by atoms with Crippen LogP contribution < -0.4 is 20.3 Å². The molecule has 0 radical (unpaired) electrons. The number of pyridine rings is 1. The summed E-state index contributed by atoms with van der Waals surface area (Å²) >= 11 is 0. The quantitative estimate of drug-likeness (QED) is 0.884. The Morgan fingerprint density at radius 2 is 1.91 bits per heavy atom. The Kier molecular flexibility index (Phi) is 5.19. The van der Waals surface area contributed by atoms with E-state index in [9.17, 15) is 9.59 Å². The van der Waals surface area contributed by atoms with Crippen LogP contribution in [0.4, 0.5) is 5.69 Å². The predicted molar refractivity (Wildman–Crippen MR) is 83.5 cm³/mol. The molecule has 0 aliphatic heterocycles. The van der Waals surface area contributed by atoms with E-state index in [-0.39, 0.29) is 23.8 Å². The van der Waals surface area contributed by atoms with E-state index in [2.05, 4.69) is 5.32 Å². The van der Waals surface area contributed by atoms with Gasteiger partial charge in [0.05, 0.1) is 19.4 Å². The van der Waals surface area contributed by atoms with Gasteiger partial charge >= 0.3 is 0 Å². The van der Waals surface area contributed by atoms with Crippen molar-refractivity contribution in [1.82, 2.24) is 4.57 Å². The minimum absolute atomic E-state index is 0.101. The highest BCUT2D eigenvalue weighted by Gasteiger charge is 2.10. The number of ether oxygens (including phenoxy) is 2. The number of methoxy groups -OCH3 is 1. The molecule has 116 valence electrons. The van der Waals surface area contributed by atoms with Crippen LogP contribution in [0.2, 0.25) is 0 Å². The highest BCUT2D eigenvalue weighted by atomic mass is 16.5. The zero-order chi connectivity index (χ0) is 15.9. The van der Waals surface area contributed by atoms with E-state index in [1.807, 2.05) is 13.0 Å². The van der Waals surface area contributed by atoms with Crippen molar-refractivity contribution in [2.75, 3.05) is 19.0 Å². The number of aromatic nitrogens is 1. The molecule has 0 saturated heterocycles. The molecule has 2 rings (SSSR count). The second-order valence-corrected chi connectivity index (χ2v) is 4.49. The van der Waals surface area contributed by atoms with E-state index < -0.39 is 0 Å². The number of hydrogen-bond acceptors (Lipinski definition) is 4. The van der Waals surface area contributed by atoms with Gasteiger partial charge in [-0.1, -0.05) is 12.1 Å². The summed E-state index contributed by atoms with van der Waals surface area (Å²) in [5.41, 5.74) is 0.225. The van der Waals surface area contributed by atoms with E-state index in [1.54, 1.807) is 36.5 Å². The van der Waals surface area contributed by atoms with Crippen molar-refractivity contribution in [1.29, 1.82) is 0 Å². The molecule has 2 aromatic rings. The molecule has 1 aromatic carbocycles. The molecule has 1 amide bonds. The molecule has 22 heavy (non-hydrogen) atoms. The molecule has 0 unspecified atom stereocenters. The number of para-hydroxylation sites is 2. The van der Waals surface area contributed by atoms with Crippen molar-refractivity contribution in [3.05, 3.63) is 52.9 Å². The Morgan fingerprint density at radius 1 is 1.18 bits per heavy atom. The highest BCUT2D eigenvalue weighted by Crippen LogP contribution is 2.23. The molecule has 0 aliphatic carbocycles. The van der Waals surface area contributed by atoms with Crippen molar-refractivity contribution in [3.63, 3.8) is 0 Å². The smallest absolute Gasteiger partial charge is 0.293 e. The van der Waals surface area contributed by atoms with E-state index in [0.717, 1.165) is 0 Å². The van der Waals surface area contributed by atoms with Crippen LogP contribution in [0.1, 0.15) is 6.92 Å². The van der Waals surface area contributed by atoms with Gasteiger partial charge in [-0.3, -0.25) is 9.59 Å². The molecule has 1 N–H and O–H groups in total. The summed E-state index contributed by atoms with van der Waals surface area (Å²) in [5, 5.41) is 2.74. The van der Waals surface area contributed by atoms with Crippen LogP contribution in [0.15, 0.2) is 47.4 Å². The summed E-state index contributed by atoms with van der Waals surface area (Å²) in [5.74, 6) is 0.476. The fraction of sp³-hybridized carbons (Fsp3) is 0.250. The van der Waals surface area contributed by atoms with Crippen LogP contribution in [0.25, 0.3) is 0 Å². The Labute approximate surface area is 128 Å². The highest BCUT2D eigenvalue weighted by molar-refractivity contribution is 5.92. The number of nitrogens with zero attached hydrogens (tertiary/aromatic N) is 1. The Balaban J connectivity index is 2.13. The van der Waals surface area contributed by atoms with Crippen molar-refractivity contribution < 1.29 is 14.3 Å². The Bertz CT molecular complexity index is 709. The van der Waals surface area contributed by atoms with Gasteiger partial charge in [0.2, 0.25) is 5.91 Å². The number of rotatable bonds is 6. The molecule has 1 aromatic heterocycles. The van der Waals surface area contributed by atoms with Crippen LogP contribution in [-0.2, 0) is 11.3 Å². The summed E-state index contributed by atoms with van der Waals surface area (Å²) in [7, 11) is 1.42. The molecule has 0 fully saturated rings. The number of amides is 1. The van der Waals surface area contributed by atoms with E-state index >= 15 is 0 Å². The minimum atomic E-state index is -0.349. The van der Waals surface area contributed by atoms with Crippen LogP contribution >= 0.6 is 0 Å². The van der Waals surface area contributed by atoms with Gasteiger partial charge < -0.3 is 19.4 Å². The first-order valence-electron chi connectivity index (χ1n) is 6.90. The summed E-state index contributed by atoms with van der Waals surface area (Å²) in [6, 6.07) is 10.4. The Morgan fingerprint density at radius 3 is 2.64 bits per heavy atom. The van der Waals surface area contributed by atoms with Gasteiger partial charge in [0.15, 0.2) is 5.75 Å². The van der Waals surface area contributed by atoms with E-state index in [4.69, 9.17) is 9.47 Å². The van der Waals surface area contributed by atoms with Gasteiger partial charge in [0.25, 0.3) is 5.56 Å². The first-order valence-corrected chi connectivity index (χ1v) is 6.90. The lowest BCUT2D eigenvalue weighted by Gasteiger charge is -2.12. The summed E-state index contributed by atoms with van der Waals surface area (Å²) in [6.45, 7) is 2.27. The predicted octanol–water partition coefficient (Wildman–Crippen LogP) is 1.89. The maximum Gasteiger partial charge on any atom is 0.293 e. The molecule has 6 nitrogen and oxygen atoms in total. The van der Waals surface area contributed by atoms with Crippen molar-refractivity contribution >= 4 is 11.6 Å². The van der Waals surface area contributed by atoms with Crippen molar-refractivity contribution in [2.45, 2.75) is 13.5 Å². The van der Waals surface area contributed by atoms with E-state index in [0.29, 0.717) is 18.0 Å². The standard InChI is InChI=1S/C16H18N2O4/c1-3-22-13-8-5-4-7-12(13)17-15(19)11-18-10-6-9-14(21-2)16(18)20/h4-10H,3,11H2,1-2H3,(H,17,19). The van der Waals surface area contributed by atoms with Gasteiger partial charge in [-0.25, -0.2) is 0 Å². The van der Waals surface area contributed by atoms with E-state index in [1.165, 1.54) is 11.7 Å². The molecule has 1 heterocycles. The SMILES string of the molecule is CCOc1ccccc1NC(=O)Cn1cccc(OC)c1=O. The summed E-state index contributed by atoms with van der Waals surface area (Å²) in [4.78, 5) is 24.1. The van der Waals surface area contributed by atoms with Crippen LogP contribution in [0.5, 0.6) is 11.5 Å². The summed E-state index contributed by atoms with van der Waals surface area (Å²) < 4.78 is 11.7. The normalized spacial score (nSPS) is 10.1. The maximum atomic E-state index is 12.1. The monoisotopic (exact) mass is 302 g/mol. The number of carbonyl (C=O) groups excluding carboxylic acids is 1. The number of carbonyl (C=O) groups is 1. The van der Waals surface area contributed by atoms with Gasteiger partial charge in [-0.05, 0) is 31.2 Å². The molecular formula is C16H18N2O4. The lowest BCUT2D eigenvalue weighted by atomic mass is 10.3. The average Bonchev–Trinajstić information content (AvgIpc) is 2.51. The fourth-order valence-electron chi connectivity index (χ4n) is 1.99. The fourth-order valence-corrected chi connectivity index (χ4v) is 1.99. The summed E-state index contributed by atoms with van der Waals surface area (Å²) in [6.07, 6.45) is 1.54. The number of nitrogens with one attached hydrogen (secondary N) is 1. The zero-order valence-corrected chi connectivity index (χ0v) is 12.5. The van der Waals surface area contributed by atoms with Crippen LogP contribution in [-0.4, -0.2) is 24.2 Å². The zero-order valence-electron chi connectivity index (χ0n) is 12.5.